The van der Waals surface area contributed by atoms with Crippen LogP contribution in [0, 0.1) is 0 Å². The summed E-state index contributed by atoms with van der Waals surface area (Å²) in [5, 5.41) is 13.1. The van der Waals surface area contributed by atoms with Gasteiger partial charge in [0.25, 0.3) is 5.89 Å². The number of aromatic nitrogens is 2. The van der Waals surface area contributed by atoms with Crippen LogP contribution in [0.5, 0.6) is 5.75 Å². The molecule has 0 fully saturated rings. The highest BCUT2D eigenvalue weighted by Crippen LogP contribution is 2.30. The van der Waals surface area contributed by atoms with Crippen LogP contribution >= 0.6 is 0 Å². The van der Waals surface area contributed by atoms with Crippen molar-refractivity contribution >= 4 is 0 Å². The molecule has 0 amide bonds. The van der Waals surface area contributed by atoms with Gasteiger partial charge in [0, 0.05) is 12.0 Å². The maximum absolute atomic E-state index is 9.33. The van der Waals surface area contributed by atoms with Crippen molar-refractivity contribution in [2.45, 2.75) is 19.4 Å². The zero-order chi connectivity index (χ0) is 11.8. The molecule has 2 heterocycles. The van der Waals surface area contributed by atoms with Crippen LogP contribution < -0.4 is 4.74 Å². The van der Waals surface area contributed by atoms with E-state index in [1.807, 2.05) is 18.2 Å². The first-order chi connectivity index (χ1) is 8.24. The van der Waals surface area contributed by atoms with Gasteiger partial charge in [-0.15, -0.1) is 0 Å². The number of hydrogen-bond donors (Lipinski definition) is 1. The third-order valence-electron chi connectivity index (χ3n) is 2.75. The van der Waals surface area contributed by atoms with E-state index < -0.39 is 6.10 Å². The molecule has 5 heteroatoms. The molecule has 3 rings (SSSR count). The second-order valence-corrected chi connectivity index (χ2v) is 4.05. The molecular weight excluding hydrogens is 220 g/mol. The van der Waals surface area contributed by atoms with Crippen LogP contribution in [0.3, 0.4) is 0 Å². The molecule has 0 saturated heterocycles. The van der Waals surface area contributed by atoms with Gasteiger partial charge < -0.3 is 14.4 Å². The fourth-order valence-electron chi connectivity index (χ4n) is 1.84. The molecule has 88 valence electrons. The van der Waals surface area contributed by atoms with Crippen molar-refractivity contribution in [3.05, 3.63) is 29.6 Å². The summed E-state index contributed by atoms with van der Waals surface area (Å²) >= 11 is 0. The van der Waals surface area contributed by atoms with Gasteiger partial charge in [-0.05, 0) is 30.7 Å². The number of rotatable bonds is 2. The molecule has 1 atom stereocenters. The van der Waals surface area contributed by atoms with Crippen LogP contribution in [0.1, 0.15) is 24.4 Å². The minimum absolute atomic E-state index is 0.303. The molecule has 5 nitrogen and oxygen atoms in total. The Balaban J connectivity index is 1.97. The number of aliphatic hydroxyl groups is 1. The van der Waals surface area contributed by atoms with E-state index in [-0.39, 0.29) is 0 Å². The molecule has 1 N–H and O–H groups in total. The first-order valence-corrected chi connectivity index (χ1v) is 5.52. The summed E-state index contributed by atoms with van der Waals surface area (Å²) in [5.41, 5.74) is 2.01. The number of aliphatic hydroxyl groups excluding tert-OH is 1. The monoisotopic (exact) mass is 232 g/mol. The first-order valence-electron chi connectivity index (χ1n) is 5.52. The van der Waals surface area contributed by atoms with Crippen molar-refractivity contribution in [1.82, 2.24) is 10.1 Å². The molecule has 1 aromatic heterocycles. The molecule has 1 unspecified atom stereocenters. The molecule has 1 aromatic carbocycles. The van der Waals surface area contributed by atoms with E-state index in [0.29, 0.717) is 11.7 Å². The van der Waals surface area contributed by atoms with Gasteiger partial charge in [0.15, 0.2) is 5.82 Å². The first kappa shape index (κ1) is 10.3. The highest BCUT2D eigenvalue weighted by Gasteiger charge is 2.16. The van der Waals surface area contributed by atoms with E-state index in [2.05, 4.69) is 10.1 Å². The molecule has 0 bridgehead atoms. The maximum Gasteiger partial charge on any atom is 0.258 e. The Labute approximate surface area is 98.0 Å². The minimum Gasteiger partial charge on any atom is -0.493 e. The second kappa shape index (κ2) is 3.85. The quantitative estimate of drug-likeness (QED) is 0.853. The van der Waals surface area contributed by atoms with Gasteiger partial charge in [0.05, 0.1) is 6.61 Å². The lowest BCUT2D eigenvalue weighted by Gasteiger charge is -1.99. The summed E-state index contributed by atoms with van der Waals surface area (Å²) in [7, 11) is 0. The number of nitrogens with zero attached hydrogens (tertiary/aromatic N) is 2. The predicted octanol–water partition coefficient (Wildman–Crippen LogP) is 1.72. The summed E-state index contributed by atoms with van der Waals surface area (Å²) in [5.74, 6) is 1.65. The Morgan fingerprint density at radius 1 is 1.41 bits per heavy atom. The molecule has 1 aliphatic rings. The van der Waals surface area contributed by atoms with Crippen molar-refractivity contribution in [2.24, 2.45) is 0 Å². The third kappa shape index (κ3) is 1.78. The fourth-order valence-corrected chi connectivity index (χ4v) is 1.84. The zero-order valence-corrected chi connectivity index (χ0v) is 9.38. The molecule has 0 spiro atoms. The van der Waals surface area contributed by atoms with Gasteiger partial charge in [-0.2, -0.15) is 4.98 Å². The smallest absolute Gasteiger partial charge is 0.258 e. The molecule has 0 radical (unpaired) electrons. The lowest BCUT2D eigenvalue weighted by atomic mass is 10.1. The van der Waals surface area contributed by atoms with Crippen molar-refractivity contribution in [1.29, 1.82) is 0 Å². The molecule has 17 heavy (non-hydrogen) atoms. The Hall–Kier alpha value is -1.88. The third-order valence-corrected chi connectivity index (χ3v) is 2.75. The topological polar surface area (TPSA) is 68.4 Å². The van der Waals surface area contributed by atoms with E-state index in [9.17, 15) is 5.11 Å². The second-order valence-electron chi connectivity index (χ2n) is 4.05. The molecule has 0 aliphatic carbocycles. The minimum atomic E-state index is -0.717. The van der Waals surface area contributed by atoms with Gasteiger partial charge in [0.1, 0.15) is 11.9 Å². The van der Waals surface area contributed by atoms with Crippen molar-refractivity contribution in [3.63, 3.8) is 0 Å². The molecular formula is C12H12N2O3. The molecule has 1 aliphatic heterocycles. The van der Waals surface area contributed by atoms with Crippen molar-refractivity contribution in [3.8, 4) is 17.2 Å². The zero-order valence-electron chi connectivity index (χ0n) is 9.38. The Morgan fingerprint density at radius 3 is 3.06 bits per heavy atom. The van der Waals surface area contributed by atoms with Crippen LogP contribution in [-0.4, -0.2) is 21.9 Å². The van der Waals surface area contributed by atoms with Gasteiger partial charge in [-0.3, -0.25) is 0 Å². The number of fused-ring (bicyclic) bond motifs is 1. The normalized spacial score (nSPS) is 15.4. The summed E-state index contributed by atoms with van der Waals surface area (Å²) in [6.45, 7) is 2.33. The highest BCUT2D eigenvalue weighted by molar-refractivity contribution is 5.58. The van der Waals surface area contributed by atoms with Crippen molar-refractivity contribution < 1.29 is 14.4 Å². The van der Waals surface area contributed by atoms with Crippen LogP contribution in [0.15, 0.2) is 22.7 Å². The van der Waals surface area contributed by atoms with E-state index in [4.69, 9.17) is 9.26 Å². The number of ether oxygens (including phenoxy) is 1. The van der Waals surface area contributed by atoms with E-state index in [0.717, 1.165) is 29.9 Å². The Bertz CT molecular complexity index is 548. The van der Waals surface area contributed by atoms with Crippen LogP contribution in [0.25, 0.3) is 11.5 Å². The lowest BCUT2D eigenvalue weighted by molar-refractivity contribution is 0.184. The fraction of sp³-hybridized carbons (Fsp3) is 0.333. The number of benzene rings is 1. The van der Waals surface area contributed by atoms with Crippen LogP contribution in [-0.2, 0) is 6.42 Å². The maximum atomic E-state index is 9.33. The Morgan fingerprint density at radius 2 is 2.29 bits per heavy atom. The average molecular weight is 232 g/mol. The van der Waals surface area contributed by atoms with E-state index in [1.54, 1.807) is 6.92 Å². The van der Waals surface area contributed by atoms with Gasteiger partial charge >= 0.3 is 0 Å². The highest BCUT2D eigenvalue weighted by atomic mass is 16.5. The summed E-state index contributed by atoms with van der Waals surface area (Å²) in [6.07, 6.45) is 0.186. The summed E-state index contributed by atoms with van der Waals surface area (Å²) < 4.78 is 10.5. The Kier molecular flexibility index (Phi) is 2.33. The number of hydrogen-bond acceptors (Lipinski definition) is 5. The lowest BCUT2D eigenvalue weighted by Crippen LogP contribution is -1.93. The SMILES string of the molecule is CC(O)c1noc(-c2ccc3c(c2)CCO3)n1. The largest absolute Gasteiger partial charge is 0.493 e. The van der Waals surface area contributed by atoms with E-state index >= 15 is 0 Å². The van der Waals surface area contributed by atoms with Crippen molar-refractivity contribution in [2.75, 3.05) is 6.61 Å². The van der Waals surface area contributed by atoms with Gasteiger partial charge in [-0.1, -0.05) is 5.16 Å². The average Bonchev–Trinajstić information content (AvgIpc) is 2.97. The van der Waals surface area contributed by atoms with Gasteiger partial charge in [-0.25, -0.2) is 0 Å². The molecule has 2 aromatic rings. The molecule has 0 saturated carbocycles. The van der Waals surface area contributed by atoms with Gasteiger partial charge in [0.2, 0.25) is 0 Å². The van der Waals surface area contributed by atoms with Crippen LogP contribution in [0.4, 0.5) is 0 Å². The standard InChI is InChI=1S/C12H12N2O3/c1-7(15)11-13-12(17-14-11)9-2-3-10-8(6-9)4-5-16-10/h2-3,6-7,15H,4-5H2,1H3. The van der Waals surface area contributed by atoms with E-state index in [1.165, 1.54) is 0 Å². The summed E-state index contributed by atoms with van der Waals surface area (Å²) in [6, 6.07) is 5.77. The van der Waals surface area contributed by atoms with Crippen LogP contribution in [0.2, 0.25) is 0 Å². The summed E-state index contributed by atoms with van der Waals surface area (Å²) in [4.78, 5) is 4.14. The predicted molar refractivity (Wildman–Crippen MR) is 59.6 cm³/mol.